The van der Waals surface area contributed by atoms with Crippen molar-refractivity contribution in [2.24, 2.45) is 0 Å². The average Bonchev–Trinajstić information content (AvgIpc) is 2.67. The maximum absolute atomic E-state index is 13.9. The molecule has 3 aromatic rings. The third-order valence-corrected chi connectivity index (χ3v) is 4.50. The molecule has 1 heterocycles. The maximum atomic E-state index is 13.9. The Balaban J connectivity index is 1.97. The van der Waals surface area contributed by atoms with E-state index in [1.54, 1.807) is 24.3 Å². The van der Waals surface area contributed by atoms with Gasteiger partial charge in [-0.15, -0.1) is 0 Å². The fraction of sp³-hybridized carbons (Fsp3) is 0.105. The summed E-state index contributed by atoms with van der Waals surface area (Å²) in [5.74, 6) is 0.193. The molecule has 0 saturated heterocycles. The quantitative estimate of drug-likeness (QED) is 0.602. The highest BCUT2D eigenvalue weighted by molar-refractivity contribution is 7.71. The smallest absolute Gasteiger partial charge is 0.270 e. The van der Waals surface area contributed by atoms with Crippen LogP contribution in [-0.4, -0.2) is 17.1 Å². The molecule has 9 heteroatoms. The van der Waals surface area contributed by atoms with Gasteiger partial charge in [0.1, 0.15) is 24.1 Å². The second kappa shape index (κ2) is 8.25. The summed E-state index contributed by atoms with van der Waals surface area (Å²) in [6, 6.07) is 11.0. The standard InChI is InChI=1S/C19H13ClFN3O3S/c1-26-16-7-10(17-11(8-22)18(25)24-19(28)23-17)5-6-15(16)27-9-12-13(20)3-2-4-14(12)21/h2-7H,9H2,1H3,(H2,23,24,25,28). The van der Waals surface area contributed by atoms with Gasteiger partial charge in [0.2, 0.25) is 0 Å². The van der Waals surface area contributed by atoms with Crippen LogP contribution in [0.1, 0.15) is 11.1 Å². The number of methoxy groups -OCH3 is 1. The van der Waals surface area contributed by atoms with E-state index in [1.807, 2.05) is 6.07 Å². The molecule has 0 aliphatic rings. The topological polar surface area (TPSA) is 90.9 Å². The highest BCUT2D eigenvalue weighted by Crippen LogP contribution is 2.33. The molecular weight excluding hydrogens is 405 g/mol. The Morgan fingerprint density at radius 1 is 1.25 bits per heavy atom. The first kappa shape index (κ1) is 19.6. The van der Waals surface area contributed by atoms with Gasteiger partial charge in [-0.25, -0.2) is 4.39 Å². The Morgan fingerprint density at radius 3 is 2.71 bits per heavy atom. The van der Waals surface area contributed by atoms with E-state index in [-0.39, 0.29) is 33.2 Å². The number of hydrogen-bond acceptors (Lipinski definition) is 5. The minimum absolute atomic E-state index is 0.0903. The lowest BCUT2D eigenvalue weighted by Gasteiger charge is -2.13. The molecule has 142 valence electrons. The van der Waals surface area contributed by atoms with Crippen LogP contribution in [0.25, 0.3) is 11.3 Å². The van der Waals surface area contributed by atoms with Crippen molar-refractivity contribution in [2.45, 2.75) is 6.61 Å². The summed E-state index contributed by atoms with van der Waals surface area (Å²) < 4.78 is 25.0. The number of nitrogens with zero attached hydrogens (tertiary/aromatic N) is 1. The van der Waals surface area contributed by atoms with Gasteiger partial charge in [0, 0.05) is 11.1 Å². The van der Waals surface area contributed by atoms with Crippen LogP contribution in [0.5, 0.6) is 11.5 Å². The zero-order valence-corrected chi connectivity index (χ0v) is 16.1. The van der Waals surface area contributed by atoms with E-state index in [0.717, 1.165) is 0 Å². The zero-order valence-electron chi connectivity index (χ0n) is 14.5. The maximum Gasteiger partial charge on any atom is 0.270 e. The molecule has 0 saturated carbocycles. The van der Waals surface area contributed by atoms with Crippen molar-refractivity contribution in [3.63, 3.8) is 0 Å². The summed E-state index contributed by atoms with van der Waals surface area (Å²) in [5, 5.41) is 9.52. The fourth-order valence-corrected chi connectivity index (χ4v) is 2.98. The summed E-state index contributed by atoms with van der Waals surface area (Å²) in [6.07, 6.45) is 0. The van der Waals surface area contributed by atoms with E-state index in [4.69, 9.17) is 33.3 Å². The number of halogens is 2. The average molecular weight is 418 g/mol. The van der Waals surface area contributed by atoms with Crippen LogP contribution in [0.15, 0.2) is 41.2 Å². The van der Waals surface area contributed by atoms with Crippen molar-refractivity contribution in [3.8, 4) is 28.8 Å². The normalized spacial score (nSPS) is 10.4. The molecule has 0 aliphatic carbocycles. The van der Waals surface area contributed by atoms with E-state index >= 15 is 0 Å². The molecule has 2 N–H and O–H groups in total. The van der Waals surface area contributed by atoms with E-state index < -0.39 is 11.4 Å². The summed E-state index contributed by atoms with van der Waals surface area (Å²) in [4.78, 5) is 17.1. The lowest BCUT2D eigenvalue weighted by atomic mass is 10.1. The van der Waals surface area contributed by atoms with E-state index in [1.165, 1.54) is 19.2 Å². The Kier molecular flexibility index (Phi) is 5.78. The van der Waals surface area contributed by atoms with Crippen molar-refractivity contribution in [1.82, 2.24) is 9.97 Å². The Labute approximate surface area is 169 Å². The monoisotopic (exact) mass is 417 g/mol. The zero-order chi connectivity index (χ0) is 20.3. The first-order valence-electron chi connectivity index (χ1n) is 7.95. The van der Waals surface area contributed by atoms with Gasteiger partial charge in [0.15, 0.2) is 16.3 Å². The van der Waals surface area contributed by atoms with Crippen LogP contribution in [0.4, 0.5) is 4.39 Å². The highest BCUT2D eigenvalue weighted by Gasteiger charge is 2.15. The molecule has 28 heavy (non-hydrogen) atoms. The molecular formula is C19H13ClFN3O3S. The third kappa shape index (κ3) is 3.91. The Hall–Kier alpha value is -3.15. The lowest BCUT2D eigenvalue weighted by molar-refractivity contribution is 0.280. The second-order valence-electron chi connectivity index (χ2n) is 5.62. The predicted molar refractivity (Wildman–Crippen MR) is 105 cm³/mol. The van der Waals surface area contributed by atoms with Crippen molar-refractivity contribution in [1.29, 1.82) is 5.26 Å². The van der Waals surface area contributed by atoms with Gasteiger partial charge >= 0.3 is 0 Å². The number of nitriles is 1. The van der Waals surface area contributed by atoms with Gasteiger partial charge < -0.3 is 14.5 Å². The molecule has 3 rings (SSSR count). The summed E-state index contributed by atoms with van der Waals surface area (Å²) in [5.41, 5.74) is 0.290. The molecule has 6 nitrogen and oxygen atoms in total. The number of aromatic nitrogens is 2. The van der Waals surface area contributed by atoms with Crippen molar-refractivity contribution < 1.29 is 13.9 Å². The van der Waals surface area contributed by atoms with Crippen molar-refractivity contribution >= 4 is 23.8 Å². The molecule has 0 amide bonds. The van der Waals surface area contributed by atoms with Crippen LogP contribution in [0.2, 0.25) is 5.02 Å². The van der Waals surface area contributed by atoms with Crippen LogP contribution < -0.4 is 15.0 Å². The van der Waals surface area contributed by atoms with Crippen LogP contribution >= 0.6 is 23.8 Å². The lowest BCUT2D eigenvalue weighted by Crippen LogP contribution is -2.13. The summed E-state index contributed by atoms with van der Waals surface area (Å²) >= 11 is 11.0. The summed E-state index contributed by atoms with van der Waals surface area (Å²) in [7, 11) is 1.44. The van der Waals surface area contributed by atoms with Gasteiger partial charge in [-0.2, -0.15) is 5.26 Å². The second-order valence-corrected chi connectivity index (χ2v) is 6.44. The molecule has 0 unspecified atom stereocenters. The molecule has 0 atom stereocenters. The Morgan fingerprint density at radius 2 is 2.04 bits per heavy atom. The number of hydrogen-bond donors (Lipinski definition) is 2. The fourth-order valence-electron chi connectivity index (χ4n) is 2.57. The Bertz CT molecular complexity index is 1180. The largest absolute Gasteiger partial charge is 0.493 e. The minimum Gasteiger partial charge on any atom is -0.493 e. The van der Waals surface area contributed by atoms with Crippen LogP contribution in [-0.2, 0) is 6.61 Å². The molecule has 0 bridgehead atoms. The van der Waals surface area contributed by atoms with E-state index in [9.17, 15) is 14.4 Å². The molecule has 0 aliphatic heterocycles. The molecule has 2 aromatic carbocycles. The number of nitrogens with one attached hydrogen (secondary N) is 2. The van der Waals surface area contributed by atoms with Gasteiger partial charge in [0.25, 0.3) is 5.56 Å². The molecule has 0 radical (unpaired) electrons. The third-order valence-electron chi connectivity index (χ3n) is 3.94. The van der Waals surface area contributed by atoms with Gasteiger partial charge in [-0.05, 0) is 42.5 Å². The minimum atomic E-state index is -0.588. The number of H-pyrrole nitrogens is 2. The first-order chi connectivity index (χ1) is 13.4. The first-order valence-corrected chi connectivity index (χ1v) is 8.74. The number of aromatic amines is 2. The molecule has 0 fully saturated rings. The van der Waals surface area contributed by atoms with E-state index in [0.29, 0.717) is 17.1 Å². The van der Waals surface area contributed by atoms with Gasteiger partial charge in [0.05, 0.1) is 17.8 Å². The van der Waals surface area contributed by atoms with Crippen molar-refractivity contribution in [2.75, 3.05) is 7.11 Å². The van der Waals surface area contributed by atoms with Crippen molar-refractivity contribution in [3.05, 3.63) is 73.5 Å². The van der Waals surface area contributed by atoms with Crippen LogP contribution in [0, 0.1) is 21.9 Å². The number of benzene rings is 2. The number of ether oxygens (including phenoxy) is 2. The highest BCUT2D eigenvalue weighted by atomic mass is 35.5. The number of rotatable bonds is 5. The van der Waals surface area contributed by atoms with Gasteiger partial charge in [-0.3, -0.25) is 9.78 Å². The van der Waals surface area contributed by atoms with Gasteiger partial charge in [-0.1, -0.05) is 17.7 Å². The SMILES string of the molecule is COc1cc(-c2[nH]c(=S)[nH]c(=O)c2C#N)ccc1OCc1c(F)cccc1Cl. The van der Waals surface area contributed by atoms with E-state index in [2.05, 4.69) is 9.97 Å². The predicted octanol–water partition coefficient (Wildman–Crippen LogP) is 4.35. The summed E-state index contributed by atoms with van der Waals surface area (Å²) in [6.45, 7) is -0.0991. The molecule has 0 spiro atoms. The van der Waals surface area contributed by atoms with Crippen LogP contribution in [0.3, 0.4) is 0 Å². The molecule has 1 aromatic heterocycles.